The Morgan fingerprint density at radius 3 is 0.895 bits per heavy atom. The van der Waals surface area contributed by atoms with E-state index in [1.807, 2.05) is 0 Å². The monoisotopic (exact) mass is 452 g/mol. The number of halogens is 9. The standard InChI is InChI=1S/C6H6BCl9O3/c8-4(9,10)1-17-7(18-2-5(11,12)13)19-3-6(14,15)16/h1-3H2. The Kier molecular flexibility index (Phi) is 10.2. The van der Waals surface area contributed by atoms with Gasteiger partial charge in [0.05, 0.1) is 19.8 Å². The van der Waals surface area contributed by atoms with Crippen LogP contribution in [0.5, 0.6) is 0 Å². The number of hydrogen-bond acceptors (Lipinski definition) is 3. The molecule has 0 bridgehead atoms. The highest BCUT2D eigenvalue weighted by atomic mass is 35.6. The second-order valence-electron chi connectivity index (χ2n) is 3.07. The van der Waals surface area contributed by atoms with Crippen LogP contribution in [-0.4, -0.2) is 38.5 Å². The van der Waals surface area contributed by atoms with E-state index in [4.69, 9.17) is 118 Å². The molecule has 0 N–H and O–H groups in total. The molecule has 0 heterocycles. The fraction of sp³-hybridized carbons (Fsp3) is 1.00. The van der Waals surface area contributed by atoms with Gasteiger partial charge in [0.25, 0.3) is 0 Å². The fourth-order valence-electron chi connectivity index (χ4n) is 0.632. The third-order valence-electron chi connectivity index (χ3n) is 1.15. The summed E-state index contributed by atoms with van der Waals surface area (Å²) >= 11 is 49.5. The molecule has 0 radical (unpaired) electrons. The first-order valence-electron chi connectivity index (χ1n) is 4.33. The quantitative estimate of drug-likeness (QED) is 0.410. The van der Waals surface area contributed by atoms with E-state index >= 15 is 0 Å². The molecule has 13 heteroatoms. The van der Waals surface area contributed by atoms with E-state index in [9.17, 15) is 0 Å². The molecule has 0 amide bonds. The Bertz CT molecular complexity index is 217. The van der Waals surface area contributed by atoms with Crippen molar-refractivity contribution in [2.24, 2.45) is 0 Å². The van der Waals surface area contributed by atoms with E-state index < -0.39 is 18.7 Å². The minimum absolute atomic E-state index is 0.345. The van der Waals surface area contributed by atoms with Crippen LogP contribution in [-0.2, 0) is 14.0 Å². The highest BCUT2D eigenvalue weighted by molar-refractivity contribution is 6.69. The van der Waals surface area contributed by atoms with Crippen LogP contribution in [0.25, 0.3) is 0 Å². The van der Waals surface area contributed by atoms with Gasteiger partial charge >= 0.3 is 7.32 Å². The van der Waals surface area contributed by atoms with Gasteiger partial charge in [0.2, 0.25) is 11.4 Å². The predicted octanol–water partition coefficient (Wildman–Crippen LogP) is 5.13. The molecule has 0 aromatic carbocycles. The van der Waals surface area contributed by atoms with Gasteiger partial charge in [-0.15, -0.1) is 0 Å². The molecular formula is C6H6BCl9O3. The molecule has 0 aromatic rings. The summed E-state index contributed by atoms with van der Waals surface area (Å²) in [6.45, 7) is -1.04. The molecule has 0 aliphatic heterocycles. The molecule has 0 saturated carbocycles. The molecule has 0 atom stereocenters. The highest BCUT2D eigenvalue weighted by Crippen LogP contribution is 2.30. The maximum Gasteiger partial charge on any atom is 0.639 e. The molecule has 0 rings (SSSR count). The van der Waals surface area contributed by atoms with E-state index in [1.165, 1.54) is 0 Å². The maximum atomic E-state index is 5.50. The average molecular weight is 456 g/mol. The highest BCUT2D eigenvalue weighted by Gasteiger charge is 2.34. The van der Waals surface area contributed by atoms with Crippen LogP contribution in [0, 0.1) is 0 Å². The zero-order valence-electron chi connectivity index (χ0n) is 8.83. The van der Waals surface area contributed by atoms with Crippen molar-refractivity contribution in [1.82, 2.24) is 0 Å². The smallest absolute Gasteiger partial charge is 0.381 e. The van der Waals surface area contributed by atoms with Gasteiger partial charge in [-0.05, 0) is 0 Å². The molecule has 0 unspecified atom stereocenters. The number of rotatable bonds is 6. The maximum absolute atomic E-state index is 5.50. The summed E-state index contributed by atoms with van der Waals surface area (Å²) in [5, 5.41) is 0. The van der Waals surface area contributed by atoms with Crippen LogP contribution in [0.15, 0.2) is 0 Å². The summed E-state index contributed by atoms with van der Waals surface area (Å²) in [5.41, 5.74) is 0. The Labute approximate surface area is 156 Å². The molecule has 0 aliphatic carbocycles. The van der Waals surface area contributed by atoms with Gasteiger partial charge in [0.15, 0.2) is 0 Å². The zero-order valence-corrected chi connectivity index (χ0v) is 15.6. The SMILES string of the molecule is ClC(Cl)(Cl)COB(OCC(Cl)(Cl)Cl)OCC(Cl)(Cl)Cl. The number of hydrogen-bond donors (Lipinski definition) is 0. The minimum atomic E-state index is -1.68. The van der Waals surface area contributed by atoms with E-state index in [1.54, 1.807) is 0 Å². The van der Waals surface area contributed by atoms with E-state index in [0.717, 1.165) is 0 Å². The normalized spacial score (nSPS) is 13.7. The molecule has 0 aromatic heterocycles. The van der Waals surface area contributed by atoms with Gasteiger partial charge in [0.1, 0.15) is 0 Å². The summed E-state index contributed by atoms with van der Waals surface area (Å²) in [7, 11) is -1.33. The van der Waals surface area contributed by atoms with Crippen LogP contribution < -0.4 is 0 Å². The minimum Gasteiger partial charge on any atom is -0.381 e. The van der Waals surface area contributed by atoms with Gasteiger partial charge in [-0.2, -0.15) is 0 Å². The lowest BCUT2D eigenvalue weighted by atomic mass is 10.2. The predicted molar refractivity (Wildman–Crippen MR) is 84.5 cm³/mol. The van der Waals surface area contributed by atoms with E-state index in [-0.39, 0.29) is 19.8 Å². The average Bonchev–Trinajstić information content (AvgIpc) is 2.11. The van der Waals surface area contributed by atoms with Crippen LogP contribution in [0.4, 0.5) is 0 Å². The lowest BCUT2D eigenvalue weighted by molar-refractivity contribution is 0.0978. The van der Waals surface area contributed by atoms with Crippen LogP contribution in [0.2, 0.25) is 0 Å². The van der Waals surface area contributed by atoms with Gasteiger partial charge in [-0.25, -0.2) is 0 Å². The third-order valence-corrected chi connectivity index (χ3v) is 2.13. The van der Waals surface area contributed by atoms with Crippen molar-refractivity contribution in [2.45, 2.75) is 11.4 Å². The summed E-state index contributed by atoms with van der Waals surface area (Å²) < 4.78 is 9.99. The molecule has 0 spiro atoms. The van der Waals surface area contributed by atoms with Crippen molar-refractivity contribution in [3.8, 4) is 0 Å². The Hall–Kier alpha value is 2.55. The summed E-state index contributed by atoms with van der Waals surface area (Å²) in [6, 6.07) is 0. The van der Waals surface area contributed by atoms with Gasteiger partial charge in [-0.3, -0.25) is 0 Å². The van der Waals surface area contributed by atoms with Gasteiger partial charge in [0, 0.05) is 0 Å². The molecule has 0 aliphatic rings. The second kappa shape index (κ2) is 9.00. The van der Waals surface area contributed by atoms with Crippen molar-refractivity contribution >= 4 is 112 Å². The van der Waals surface area contributed by atoms with Crippen molar-refractivity contribution < 1.29 is 14.0 Å². The van der Waals surface area contributed by atoms with Crippen molar-refractivity contribution in [3.05, 3.63) is 0 Å². The van der Waals surface area contributed by atoms with Crippen LogP contribution in [0.1, 0.15) is 0 Å². The van der Waals surface area contributed by atoms with Crippen molar-refractivity contribution in [2.75, 3.05) is 19.8 Å². The second-order valence-corrected chi connectivity index (χ2v) is 10.6. The zero-order chi connectivity index (χ0) is 15.3. The van der Waals surface area contributed by atoms with Crippen molar-refractivity contribution in [3.63, 3.8) is 0 Å². The number of alkyl halides is 9. The Balaban J connectivity index is 4.30. The molecule has 114 valence electrons. The van der Waals surface area contributed by atoms with E-state index in [0.29, 0.717) is 0 Å². The van der Waals surface area contributed by atoms with Gasteiger partial charge < -0.3 is 14.0 Å². The van der Waals surface area contributed by atoms with Crippen LogP contribution >= 0.6 is 104 Å². The summed E-state index contributed by atoms with van der Waals surface area (Å²) in [4.78, 5) is 0. The molecule has 19 heavy (non-hydrogen) atoms. The third kappa shape index (κ3) is 16.7. The first-order valence-corrected chi connectivity index (χ1v) is 7.74. The van der Waals surface area contributed by atoms with E-state index in [2.05, 4.69) is 0 Å². The lowest BCUT2D eigenvalue weighted by Crippen LogP contribution is -2.36. The van der Waals surface area contributed by atoms with Crippen LogP contribution in [0.3, 0.4) is 0 Å². The topological polar surface area (TPSA) is 27.7 Å². The Morgan fingerprint density at radius 1 is 0.526 bits per heavy atom. The largest absolute Gasteiger partial charge is 0.639 e. The summed E-state index contributed by atoms with van der Waals surface area (Å²) in [5.74, 6) is 0. The molecule has 3 nitrogen and oxygen atoms in total. The molecule has 0 saturated heterocycles. The molecule has 0 fully saturated rings. The first-order chi connectivity index (χ1) is 8.29. The Morgan fingerprint density at radius 2 is 0.737 bits per heavy atom. The summed E-state index contributed by atoms with van der Waals surface area (Å²) in [6.07, 6.45) is 0. The van der Waals surface area contributed by atoms with Crippen molar-refractivity contribution in [1.29, 1.82) is 0 Å². The van der Waals surface area contributed by atoms with Gasteiger partial charge in [-0.1, -0.05) is 104 Å². The lowest BCUT2D eigenvalue weighted by Gasteiger charge is -2.21. The fourth-order valence-corrected chi connectivity index (χ4v) is 1.20. The molecular weight excluding hydrogens is 450 g/mol. The first kappa shape index (κ1) is 21.6.